The molecule has 1 atom stereocenters. The maximum Gasteiger partial charge on any atom is 0.416 e. The summed E-state index contributed by atoms with van der Waals surface area (Å²) in [4.78, 5) is 7.09. The molecule has 1 aromatic heterocycles. The molecule has 172 valence electrons. The standard InChI is InChI=1S/C21H13Cl2F4N3O2S/c22-15-5-10(11-1-2-12(17(24)6-11)9-28-33(31)32)3-4-14(15)20-29-18-8-13(21(25,26)27)7-16(23)19(18)30-20/h1-8,28H,9H2,(H,29,30)(H,31,32). The quantitative estimate of drug-likeness (QED) is 0.206. The van der Waals surface area contributed by atoms with Gasteiger partial charge in [-0.15, -0.1) is 0 Å². The van der Waals surface area contributed by atoms with Crippen LogP contribution in [0.1, 0.15) is 11.1 Å². The summed E-state index contributed by atoms with van der Waals surface area (Å²) in [5.74, 6) is -0.342. The lowest BCUT2D eigenvalue weighted by Crippen LogP contribution is -2.16. The predicted octanol–water partition coefficient (Wildman–Crippen LogP) is 6.59. The summed E-state index contributed by atoms with van der Waals surface area (Å²) in [5.41, 5.74) is 1.12. The van der Waals surface area contributed by atoms with Crippen LogP contribution in [0.3, 0.4) is 0 Å². The van der Waals surface area contributed by atoms with Gasteiger partial charge in [-0.1, -0.05) is 41.4 Å². The Kier molecular flexibility index (Phi) is 6.47. The van der Waals surface area contributed by atoms with Gasteiger partial charge in [0, 0.05) is 17.7 Å². The van der Waals surface area contributed by atoms with E-state index in [9.17, 15) is 21.8 Å². The molecule has 12 heteroatoms. The number of aromatic nitrogens is 2. The first-order valence-electron chi connectivity index (χ1n) is 9.22. The van der Waals surface area contributed by atoms with E-state index in [4.69, 9.17) is 27.8 Å². The van der Waals surface area contributed by atoms with E-state index in [0.29, 0.717) is 16.7 Å². The van der Waals surface area contributed by atoms with Crippen molar-refractivity contribution in [2.24, 2.45) is 0 Å². The fourth-order valence-corrected chi connectivity index (χ4v) is 4.07. The maximum atomic E-state index is 14.3. The Morgan fingerprint density at radius 3 is 2.36 bits per heavy atom. The van der Waals surface area contributed by atoms with Gasteiger partial charge in [0.2, 0.25) is 11.3 Å². The van der Waals surface area contributed by atoms with Crippen molar-refractivity contribution in [1.82, 2.24) is 14.7 Å². The van der Waals surface area contributed by atoms with E-state index in [0.717, 1.165) is 12.1 Å². The average molecular weight is 518 g/mol. The lowest BCUT2D eigenvalue weighted by Gasteiger charge is -2.08. The number of aromatic amines is 1. The molecule has 33 heavy (non-hydrogen) atoms. The van der Waals surface area contributed by atoms with Crippen molar-refractivity contribution in [2.45, 2.75) is 12.7 Å². The Morgan fingerprint density at radius 1 is 1.03 bits per heavy atom. The van der Waals surface area contributed by atoms with Crippen molar-refractivity contribution in [3.8, 4) is 22.5 Å². The van der Waals surface area contributed by atoms with E-state index in [1.807, 2.05) is 0 Å². The van der Waals surface area contributed by atoms with Crippen molar-refractivity contribution in [1.29, 1.82) is 0 Å². The van der Waals surface area contributed by atoms with Crippen LogP contribution in [-0.2, 0) is 24.0 Å². The highest BCUT2D eigenvalue weighted by atomic mass is 35.5. The first kappa shape index (κ1) is 23.7. The lowest BCUT2D eigenvalue weighted by molar-refractivity contribution is -0.137. The first-order valence-corrected chi connectivity index (χ1v) is 11.1. The van der Waals surface area contributed by atoms with Gasteiger partial charge < -0.3 is 4.98 Å². The highest BCUT2D eigenvalue weighted by Crippen LogP contribution is 2.37. The Labute approximate surface area is 197 Å². The second kappa shape index (κ2) is 9.03. The molecule has 0 saturated heterocycles. The minimum Gasteiger partial charge on any atom is -0.338 e. The molecule has 0 aliphatic carbocycles. The van der Waals surface area contributed by atoms with Crippen LogP contribution in [0.4, 0.5) is 17.6 Å². The fraction of sp³-hybridized carbons (Fsp3) is 0.0952. The van der Waals surface area contributed by atoms with Crippen LogP contribution < -0.4 is 4.72 Å². The zero-order valence-electron chi connectivity index (χ0n) is 16.3. The number of imidazole rings is 1. The number of rotatable bonds is 5. The molecule has 3 aromatic carbocycles. The zero-order chi connectivity index (χ0) is 23.9. The highest BCUT2D eigenvalue weighted by Gasteiger charge is 2.32. The van der Waals surface area contributed by atoms with Gasteiger partial charge in [0.05, 0.1) is 21.1 Å². The van der Waals surface area contributed by atoms with Crippen LogP contribution >= 0.6 is 23.2 Å². The summed E-state index contributed by atoms with van der Waals surface area (Å²) >= 11 is 10.1. The molecule has 0 aliphatic rings. The minimum absolute atomic E-state index is 0.111. The molecule has 5 nitrogen and oxygen atoms in total. The number of fused-ring (bicyclic) bond motifs is 1. The summed E-state index contributed by atoms with van der Waals surface area (Å²) in [6.07, 6.45) is -4.56. The summed E-state index contributed by atoms with van der Waals surface area (Å²) in [6, 6.07) is 10.9. The van der Waals surface area contributed by atoms with Crippen molar-refractivity contribution < 1.29 is 26.3 Å². The van der Waals surface area contributed by atoms with Crippen molar-refractivity contribution >= 4 is 45.5 Å². The summed E-state index contributed by atoms with van der Waals surface area (Å²) in [7, 11) is 0. The van der Waals surface area contributed by atoms with Crippen LogP contribution in [0.5, 0.6) is 0 Å². The molecule has 0 fully saturated rings. The van der Waals surface area contributed by atoms with Crippen LogP contribution in [0.2, 0.25) is 10.0 Å². The molecular formula is C21H13Cl2F4N3O2S. The first-order chi connectivity index (χ1) is 15.5. The number of alkyl halides is 3. The third-order valence-corrected chi connectivity index (χ3v) is 5.86. The molecule has 0 bridgehead atoms. The van der Waals surface area contributed by atoms with Crippen molar-refractivity contribution in [3.05, 3.63) is 75.5 Å². The van der Waals surface area contributed by atoms with Gasteiger partial charge in [0.15, 0.2) is 0 Å². The normalized spacial score (nSPS) is 12.9. The van der Waals surface area contributed by atoms with E-state index >= 15 is 0 Å². The molecule has 0 amide bonds. The maximum absolute atomic E-state index is 14.3. The van der Waals surface area contributed by atoms with Gasteiger partial charge in [-0.3, -0.25) is 4.55 Å². The molecule has 0 spiro atoms. The molecule has 3 N–H and O–H groups in total. The van der Waals surface area contributed by atoms with Gasteiger partial charge in [-0.2, -0.15) is 13.2 Å². The lowest BCUT2D eigenvalue weighted by atomic mass is 10.0. The number of benzene rings is 3. The molecular weight excluding hydrogens is 505 g/mol. The van der Waals surface area contributed by atoms with Crippen LogP contribution in [-0.4, -0.2) is 18.7 Å². The van der Waals surface area contributed by atoms with Crippen LogP contribution in [0.25, 0.3) is 33.5 Å². The van der Waals surface area contributed by atoms with E-state index in [-0.39, 0.29) is 39.0 Å². The predicted molar refractivity (Wildman–Crippen MR) is 120 cm³/mol. The number of H-pyrrole nitrogens is 1. The van der Waals surface area contributed by atoms with Crippen molar-refractivity contribution in [2.75, 3.05) is 0 Å². The molecule has 0 radical (unpaired) electrons. The number of halogens is 6. The topological polar surface area (TPSA) is 78.0 Å². The van der Waals surface area contributed by atoms with E-state index in [1.54, 1.807) is 24.3 Å². The number of hydrogen-bond donors (Lipinski definition) is 3. The Bertz CT molecular complexity index is 1390. The molecule has 1 heterocycles. The van der Waals surface area contributed by atoms with Crippen LogP contribution in [0.15, 0.2) is 48.5 Å². The van der Waals surface area contributed by atoms with Gasteiger partial charge >= 0.3 is 6.18 Å². The Balaban J connectivity index is 1.67. The number of nitrogens with one attached hydrogen (secondary N) is 2. The molecule has 4 aromatic rings. The number of nitrogens with zero attached hydrogens (tertiary/aromatic N) is 1. The Hall–Kier alpha value is -2.50. The summed E-state index contributed by atoms with van der Waals surface area (Å²) in [6.45, 7) is -0.125. The minimum atomic E-state index is -4.56. The fourth-order valence-electron chi connectivity index (χ4n) is 3.26. The van der Waals surface area contributed by atoms with E-state index in [1.165, 1.54) is 12.1 Å². The number of hydrogen-bond acceptors (Lipinski definition) is 2. The second-order valence-corrected chi connectivity index (χ2v) is 8.61. The third-order valence-electron chi connectivity index (χ3n) is 4.86. The van der Waals surface area contributed by atoms with Gasteiger partial charge in [0.25, 0.3) is 0 Å². The zero-order valence-corrected chi connectivity index (χ0v) is 18.6. The largest absolute Gasteiger partial charge is 0.416 e. The Morgan fingerprint density at radius 2 is 1.73 bits per heavy atom. The van der Waals surface area contributed by atoms with Gasteiger partial charge in [-0.05, 0) is 41.5 Å². The molecule has 0 aliphatic heterocycles. The third kappa shape index (κ3) is 5.04. The van der Waals surface area contributed by atoms with Crippen molar-refractivity contribution in [3.63, 3.8) is 0 Å². The monoisotopic (exact) mass is 517 g/mol. The van der Waals surface area contributed by atoms with Gasteiger partial charge in [-0.25, -0.2) is 18.3 Å². The molecule has 4 rings (SSSR count). The SMILES string of the molecule is O=S(O)NCc1ccc(-c2ccc(-c3nc4c(Cl)cc(C(F)(F)F)cc4[nH]3)c(Cl)c2)cc1F. The highest BCUT2D eigenvalue weighted by molar-refractivity contribution is 7.77. The summed E-state index contributed by atoms with van der Waals surface area (Å²) < 4.78 is 75.2. The smallest absolute Gasteiger partial charge is 0.338 e. The van der Waals surface area contributed by atoms with Crippen LogP contribution in [0, 0.1) is 5.82 Å². The molecule has 1 unspecified atom stereocenters. The van der Waals surface area contributed by atoms with E-state index < -0.39 is 28.8 Å². The average Bonchev–Trinajstić information content (AvgIpc) is 3.16. The molecule has 0 saturated carbocycles. The van der Waals surface area contributed by atoms with Gasteiger partial charge in [0.1, 0.15) is 17.2 Å². The summed E-state index contributed by atoms with van der Waals surface area (Å²) in [5, 5.41) is 0.0886. The van der Waals surface area contributed by atoms with E-state index in [2.05, 4.69) is 14.7 Å². The second-order valence-electron chi connectivity index (χ2n) is 7.01.